The summed E-state index contributed by atoms with van der Waals surface area (Å²) in [6, 6.07) is 5.42. The summed E-state index contributed by atoms with van der Waals surface area (Å²) in [5.74, 6) is 0.889. The van der Waals surface area contributed by atoms with E-state index >= 15 is 0 Å². The van der Waals surface area contributed by atoms with Crippen LogP contribution < -0.4 is 9.47 Å². The first kappa shape index (κ1) is 16.4. The Morgan fingerprint density at radius 3 is 2.64 bits per heavy atom. The van der Waals surface area contributed by atoms with Crippen LogP contribution in [0.25, 0.3) is 6.08 Å². The second kappa shape index (κ2) is 7.35. The number of carbonyl (C=O) groups excluding carboxylic acids is 2. The van der Waals surface area contributed by atoms with Crippen LogP contribution in [0.4, 0.5) is 4.79 Å². The summed E-state index contributed by atoms with van der Waals surface area (Å²) in [5, 5.41) is -0.216. The Balaban J connectivity index is 2.31. The third-order valence-electron chi connectivity index (χ3n) is 3.33. The molecule has 118 valence electrons. The van der Waals surface area contributed by atoms with Gasteiger partial charge in [0.2, 0.25) is 0 Å². The maximum Gasteiger partial charge on any atom is 0.293 e. The van der Waals surface area contributed by atoms with Gasteiger partial charge < -0.3 is 9.47 Å². The van der Waals surface area contributed by atoms with E-state index in [4.69, 9.17) is 9.47 Å². The lowest BCUT2D eigenvalue weighted by molar-refractivity contribution is -0.122. The van der Waals surface area contributed by atoms with Crippen molar-refractivity contribution in [1.82, 2.24) is 4.90 Å². The van der Waals surface area contributed by atoms with Gasteiger partial charge in [-0.1, -0.05) is 25.5 Å². The molecule has 1 fully saturated rings. The zero-order valence-electron chi connectivity index (χ0n) is 12.9. The second-order valence-electron chi connectivity index (χ2n) is 4.77. The molecule has 1 aliphatic heterocycles. The van der Waals surface area contributed by atoms with Gasteiger partial charge in [-0.3, -0.25) is 14.5 Å². The van der Waals surface area contributed by atoms with Gasteiger partial charge in [0.25, 0.3) is 11.1 Å². The average Bonchev–Trinajstić information content (AvgIpc) is 2.79. The minimum absolute atomic E-state index is 0.216. The molecular formula is C16H19NO4S. The fourth-order valence-corrected chi connectivity index (χ4v) is 3.03. The molecule has 1 heterocycles. The van der Waals surface area contributed by atoms with Crippen LogP contribution in [0.2, 0.25) is 0 Å². The molecule has 22 heavy (non-hydrogen) atoms. The Hall–Kier alpha value is -1.95. The molecule has 0 atom stereocenters. The van der Waals surface area contributed by atoms with Gasteiger partial charge in [0.15, 0.2) is 11.5 Å². The molecule has 1 aliphatic rings. The minimum atomic E-state index is -0.242. The summed E-state index contributed by atoms with van der Waals surface area (Å²) in [7, 11) is 3.10. The van der Waals surface area contributed by atoms with Crippen molar-refractivity contribution in [1.29, 1.82) is 0 Å². The molecule has 5 nitrogen and oxygen atoms in total. The average molecular weight is 321 g/mol. The van der Waals surface area contributed by atoms with Crippen LogP contribution in [-0.4, -0.2) is 36.8 Å². The highest BCUT2D eigenvalue weighted by Crippen LogP contribution is 2.37. The van der Waals surface area contributed by atoms with Crippen LogP contribution in [0.3, 0.4) is 0 Å². The maximum absolute atomic E-state index is 12.3. The van der Waals surface area contributed by atoms with Crippen molar-refractivity contribution in [2.45, 2.75) is 19.8 Å². The molecule has 0 aromatic heterocycles. The molecule has 2 amide bonds. The monoisotopic (exact) mass is 321 g/mol. The van der Waals surface area contributed by atoms with Gasteiger partial charge in [-0.2, -0.15) is 0 Å². The third-order valence-corrected chi connectivity index (χ3v) is 4.24. The fraction of sp³-hybridized carbons (Fsp3) is 0.375. The molecular weight excluding hydrogens is 302 g/mol. The number of thioether (sulfide) groups is 1. The van der Waals surface area contributed by atoms with E-state index in [1.807, 2.05) is 19.1 Å². The van der Waals surface area contributed by atoms with E-state index in [9.17, 15) is 9.59 Å². The maximum atomic E-state index is 12.3. The van der Waals surface area contributed by atoms with E-state index < -0.39 is 0 Å². The number of amides is 2. The van der Waals surface area contributed by atoms with Crippen molar-refractivity contribution in [3.05, 3.63) is 28.7 Å². The molecule has 2 rings (SSSR count). The van der Waals surface area contributed by atoms with Crippen molar-refractivity contribution in [3.8, 4) is 11.5 Å². The van der Waals surface area contributed by atoms with Crippen molar-refractivity contribution >= 4 is 29.0 Å². The Morgan fingerprint density at radius 2 is 2.00 bits per heavy atom. The normalized spacial score (nSPS) is 16.5. The van der Waals surface area contributed by atoms with Gasteiger partial charge in [-0.15, -0.1) is 0 Å². The van der Waals surface area contributed by atoms with Crippen LogP contribution in [0.5, 0.6) is 11.5 Å². The summed E-state index contributed by atoms with van der Waals surface area (Å²) < 4.78 is 10.6. The predicted molar refractivity (Wildman–Crippen MR) is 87.1 cm³/mol. The van der Waals surface area contributed by atoms with Crippen molar-refractivity contribution in [2.75, 3.05) is 20.8 Å². The van der Waals surface area contributed by atoms with Crippen LogP contribution in [-0.2, 0) is 4.79 Å². The quantitative estimate of drug-likeness (QED) is 0.750. The highest BCUT2D eigenvalue weighted by molar-refractivity contribution is 8.18. The number of imide groups is 1. The number of hydrogen-bond donors (Lipinski definition) is 0. The molecule has 0 aliphatic carbocycles. The number of hydrogen-bond acceptors (Lipinski definition) is 5. The first-order valence-electron chi connectivity index (χ1n) is 7.08. The lowest BCUT2D eigenvalue weighted by Crippen LogP contribution is -2.29. The van der Waals surface area contributed by atoms with E-state index in [0.717, 1.165) is 24.6 Å². The van der Waals surface area contributed by atoms with Crippen LogP contribution in [0.1, 0.15) is 25.3 Å². The fourth-order valence-electron chi connectivity index (χ4n) is 2.18. The number of rotatable bonds is 6. The van der Waals surface area contributed by atoms with E-state index in [0.29, 0.717) is 28.5 Å². The molecule has 1 aromatic rings. The summed E-state index contributed by atoms with van der Waals surface area (Å²) >= 11 is 0.962. The highest BCUT2D eigenvalue weighted by atomic mass is 32.2. The van der Waals surface area contributed by atoms with Crippen molar-refractivity contribution in [2.24, 2.45) is 0 Å². The number of carbonyl (C=O) groups is 2. The SMILES string of the molecule is CCCCN1C(=O)SC(=Cc2cccc(OC)c2OC)C1=O. The number of methoxy groups -OCH3 is 2. The molecule has 0 bridgehead atoms. The standard InChI is InChI=1S/C16H19NO4S/c1-4-5-9-17-15(18)13(22-16(17)19)10-11-7-6-8-12(20-2)14(11)21-3/h6-8,10H,4-5,9H2,1-3H3. The van der Waals surface area contributed by atoms with Gasteiger partial charge >= 0.3 is 0 Å². The smallest absolute Gasteiger partial charge is 0.293 e. The van der Waals surface area contributed by atoms with Gasteiger partial charge in [0.05, 0.1) is 19.1 Å². The zero-order valence-corrected chi connectivity index (χ0v) is 13.7. The van der Waals surface area contributed by atoms with Gasteiger partial charge in [0.1, 0.15) is 0 Å². The lowest BCUT2D eigenvalue weighted by atomic mass is 10.1. The van der Waals surface area contributed by atoms with Crippen LogP contribution in [0.15, 0.2) is 23.1 Å². The Kier molecular flexibility index (Phi) is 5.49. The third kappa shape index (κ3) is 3.27. The first-order chi connectivity index (χ1) is 10.6. The Morgan fingerprint density at radius 1 is 1.23 bits per heavy atom. The molecule has 0 radical (unpaired) electrons. The van der Waals surface area contributed by atoms with Gasteiger partial charge in [0, 0.05) is 12.1 Å². The Labute approximate surface area is 134 Å². The molecule has 0 spiro atoms. The van der Waals surface area contributed by atoms with Crippen LogP contribution >= 0.6 is 11.8 Å². The Bertz CT molecular complexity index is 612. The highest BCUT2D eigenvalue weighted by Gasteiger charge is 2.34. The number of unbranched alkanes of at least 4 members (excludes halogenated alkanes) is 1. The summed E-state index contributed by atoms with van der Waals surface area (Å²) in [4.78, 5) is 26.0. The molecule has 1 saturated heterocycles. The second-order valence-corrected chi connectivity index (χ2v) is 5.76. The van der Waals surface area contributed by atoms with E-state index in [1.54, 1.807) is 26.4 Å². The van der Waals surface area contributed by atoms with E-state index in [1.165, 1.54) is 4.90 Å². The van der Waals surface area contributed by atoms with Crippen molar-refractivity contribution in [3.63, 3.8) is 0 Å². The topological polar surface area (TPSA) is 55.8 Å². The molecule has 0 saturated carbocycles. The molecule has 0 N–H and O–H groups in total. The molecule has 0 unspecified atom stereocenters. The number of benzene rings is 1. The van der Waals surface area contributed by atoms with Gasteiger partial charge in [-0.05, 0) is 30.3 Å². The van der Waals surface area contributed by atoms with E-state index in [2.05, 4.69) is 0 Å². The lowest BCUT2D eigenvalue weighted by Gasteiger charge is -2.11. The molecule has 1 aromatic carbocycles. The number of nitrogens with zero attached hydrogens (tertiary/aromatic N) is 1. The van der Waals surface area contributed by atoms with Crippen molar-refractivity contribution < 1.29 is 19.1 Å². The minimum Gasteiger partial charge on any atom is -0.493 e. The summed E-state index contributed by atoms with van der Waals surface area (Å²) in [5.41, 5.74) is 0.711. The molecule has 6 heteroatoms. The first-order valence-corrected chi connectivity index (χ1v) is 7.90. The van der Waals surface area contributed by atoms with Gasteiger partial charge in [-0.25, -0.2) is 0 Å². The number of para-hydroxylation sites is 1. The summed E-state index contributed by atoms with van der Waals surface area (Å²) in [6.45, 7) is 2.49. The van der Waals surface area contributed by atoms with E-state index in [-0.39, 0.29) is 11.1 Å². The summed E-state index contributed by atoms with van der Waals surface area (Å²) in [6.07, 6.45) is 3.43. The predicted octanol–water partition coefficient (Wildman–Crippen LogP) is 3.54. The largest absolute Gasteiger partial charge is 0.493 e. The van der Waals surface area contributed by atoms with Crippen LogP contribution in [0, 0.1) is 0 Å². The zero-order chi connectivity index (χ0) is 16.1. The number of ether oxygens (including phenoxy) is 2.